The summed E-state index contributed by atoms with van der Waals surface area (Å²) in [5.74, 6) is 0.290. The van der Waals surface area contributed by atoms with Crippen molar-refractivity contribution in [2.75, 3.05) is 26.2 Å². The van der Waals surface area contributed by atoms with Gasteiger partial charge in [0.1, 0.15) is 0 Å². The molecular weight excluding hydrogens is 376 g/mol. The van der Waals surface area contributed by atoms with E-state index >= 15 is 0 Å². The van der Waals surface area contributed by atoms with Gasteiger partial charge in [-0.1, -0.05) is 31.2 Å². The smallest absolute Gasteiger partial charge is 0.253 e. The minimum atomic E-state index is -0.138. The number of amides is 2. The molecule has 2 aliphatic rings. The van der Waals surface area contributed by atoms with Gasteiger partial charge in [0.05, 0.1) is 11.7 Å². The number of aromatic nitrogens is 2. The van der Waals surface area contributed by atoms with E-state index in [1.54, 1.807) is 0 Å². The molecule has 0 bridgehead atoms. The third-order valence-corrected chi connectivity index (χ3v) is 6.58. The number of piperazine rings is 1. The first-order chi connectivity index (χ1) is 14.4. The Morgan fingerprint density at radius 3 is 2.20 bits per heavy atom. The van der Waals surface area contributed by atoms with Gasteiger partial charge in [-0.2, -0.15) is 5.10 Å². The normalized spacial score (nSPS) is 17.9. The topological polar surface area (TPSA) is 58.4 Å². The molecule has 2 aromatic carbocycles. The van der Waals surface area contributed by atoms with Crippen molar-refractivity contribution in [2.24, 2.45) is 12.5 Å². The molecule has 1 saturated heterocycles. The molecule has 0 unspecified atom stereocenters. The molecule has 0 atom stereocenters. The van der Waals surface area contributed by atoms with Crippen LogP contribution in [0.1, 0.15) is 30.1 Å². The van der Waals surface area contributed by atoms with E-state index in [-0.39, 0.29) is 17.2 Å². The summed E-state index contributed by atoms with van der Waals surface area (Å²) in [6.07, 6.45) is 3.84. The summed E-state index contributed by atoms with van der Waals surface area (Å²) in [6.45, 7) is 4.49. The van der Waals surface area contributed by atoms with Crippen molar-refractivity contribution >= 4 is 22.7 Å². The molecule has 0 spiro atoms. The minimum Gasteiger partial charge on any atom is -0.339 e. The lowest BCUT2D eigenvalue weighted by Crippen LogP contribution is -2.52. The first-order valence-corrected chi connectivity index (χ1v) is 10.6. The molecule has 2 heterocycles. The quantitative estimate of drug-likeness (QED) is 0.675. The first kappa shape index (κ1) is 18.9. The maximum Gasteiger partial charge on any atom is 0.253 e. The summed E-state index contributed by atoms with van der Waals surface area (Å²) in [5.41, 5.74) is 3.81. The molecular formula is C24H26N4O2. The molecule has 0 radical (unpaired) electrons. The van der Waals surface area contributed by atoms with E-state index in [1.807, 2.05) is 58.9 Å². The highest BCUT2D eigenvalue weighted by Crippen LogP contribution is 2.46. The Kier molecular flexibility index (Phi) is 4.38. The number of rotatable bonds is 3. The van der Waals surface area contributed by atoms with Gasteiger partial charge in [-0.15, -0.1) is 0 Å². The van der Waals surface area contributed by atoms with Crippen molar-refractivity contribution in [3.63, 3.8) is 0 Å². The van der Waals surface area contributed by atoms with E-state index in [9.17, 15) is 9.59 Å². The van der Waals surface area contributed by atoms with E-state index in [1.165, 1.54) is 0 Å². The number of carbonyl (C=O) groups excluding carboxylic acids is 2. The second-order valence-electron chi connectivity index (χ2n) is 8.76. The summed E-state index contributed by atoms with van der Waals surface area (Å²) in [4.78, 5) is 29.2. The van der Waals surface area contributed by atoms with Crippen LogP contribution in [0, 0.1) is 5.41 Å². The highest BCUT2D eigenvalue weighted by Gasteiger charge is 2.47. The largest absolute Gasteiger partial charge is 0.339 e. The average molecular weight is 402 g/mol. The second kappa shape index (κ2) is 6.97. The highest BCUT2D eigenvalue weighted by atomic mass is 16.2. The molecule has 5 rings (SSSR count). The molecule has 0 N–H and O–H groups in total. The number of aryl methyl sites for hydroxylation is 1. The fraction of sp³-hybridized carbons (Fsp3) is 0.375. The van der Waals surface area contributed by atoms with Crippen LogP contribution in [-0.4, -0.2) is 57.6 Å². The maximum atomic E-state index is 12.9. The lowest BCUT2D eigenvalue weighted by molar-refractivity contribution is -0.137. The SMILES string of the molecule is Cn1ncc2ccc(-c3ccc(C(=O)N4CCN(C(=O)C5(C)CC5)CC4)cc3)cc21. The molecule has 2 fully saturated rings. The monoisotopic (exact) mass is 402 g/mol. The van der Waals surface area contributed by atoms with Crippen molar-refractivity contribution in [3.05, 3.63) is 54.2 Å². The lowest BCUT2D eigenvalue weighted by Gasteiger charge is -2.36. The van der Waals surface area contributed by atoms with Crippen LogP contribution in [0.2, 0.25) is 0 Å². The number of carbonyl (C=O) groups is 2. The third-order valence-electron chi connectivity index (χ3n) is 6.58. The third kappa shape index (κ3) is 3.26. The van der Waals surface area contributed by atoms with Crippen molar-refractivity contribution in [2.45, 2.75) is 19.8 Å². The Labute approximate surface area is 176 Å². The van der Waals surface area contributed by atoms with Crippen LogP contribution >= 0.6 is 0 Å². The van der Waals surface area contributed by atoms with E-state index in [0.29, 0.717) is 31.7 Å². The minimum absolute atomic E-state index is 0.0355. The predicted molar refractivity (Wildman–Crippen MR) is 116 cm³/mol. The molecule has 3 aromatic rings. The Balaban J connectivity index is 1.26. The van der Waals surface area contributed by atoms with Crippen LogP contribution in [0.4, 0.5) is 0 Å². The van der Waals surface area contributed by atoms with Crippen molar-refractivity contribution in [1.29, 1.82) is 0 Å². The molecule has 154 valence electrons. The van der Waals surface area contributed by atoms with Gasteiger partial charge in [0.15, 0.2) is 0 Å². The zero-order valence-electron chi connectivity index (χ0n) is 17.5. The Morgan fingerprint density at radius 1 is 0.900 bits per heavy atom. The predicted octanol–water partition coefficient (Wildman–Crippen LogP) is 3.32. The zero-order valence-corrected chi connectivity index (χ0v) is 17.5. The number of hydrogen-bond donors (Lipinski definition) is 0. The fourth-order valence-corrected chi connectivity index (χ4v) is 4.21. The van der Waals surface area contributed by atoms with Gasteiger partial charge in [-0.25, -0.2) is 0 Å². The summed E-state index contributed by atoms with van der Waals surface area (Å²) >= 11 is 0. The van der Waals surface area contributed by atoms with Gasteiger partial charge < -0.3 is 9.80 Å². The summed E-state index contributed by atoms with van der Waals surface area (Å²) in [7, 11) is 1.94. The fourth-order valence-electron chi connectivity index (χ4n) is 4.21. The van der Waals surface area contributed by atoms with Crippen molar-refractivity contribution in [3.8, 4) is 11.1 Å². The van der Waals surface area contributed by atoms with Gasteiger partial charge >= 0.3 is 0 Å². The van der Waals surface area contributed by atoms with E-state index in [0.717, 1.165) is 34.9 Å². The van der Waals surface area contributed by atoms with E-state index in [4.69, 9.17) is 0 Å². The molecule has 6 nitrogen and oxygen atoms in total. The standard InChI is InChI=1S/C24H26N4O2/c1-24(9-10-24)23(30)28-13-11-27(12-14-28)22(29)18-5-3-17(4-6-18)19-7-8-20-16-25-26(2)21(20)15-19/h3-8,15-16H,9-14H2,1-2H3. The van der Waals surface area contributed by atoms with Crippen LogP contribution in [0.3, 0.4) is 0 Å². The number of nitrogens with zero attached hydrogens (tertiary/aromatic N) is 4. The molecule has 1 aromatic heterocycles. The molecule has 2 amide bonds. The van der Waals surface area contributed by atoms with Crippen LogP contribution in [-0.2, 0) is 11.8 Å². The van der Waals surface area contributed by atoms with Crippen LogP contribution in [0.25, 0.3) is 22.0 Å². The van der Waals surface area contributed by atoms with Crippen LogP contribution in [0.5, 0.6) is 0 Å². The molecule has 1 saturated carbocycles. The Morgan fingerprint density at radius 2 is 1.53 bits per heavy atom. The zero-order chi connectivity index (χ0) is 20.9. The molecule has 6 heteroatoms. The van der Waals surface area contributed by atoms with Crippen molar-refractivity contribution in [1.82, 2.24) is 19.6 Å². The Bertz CT molecular complexity index is 1120. The summed E-state index contributed by atoms with van der Waals surface area (Å²) < 4.78 is 1.87. The summed E-state index contributed by atoms with van der Waals surface area (Å²) in [6, 6.07) is 14.1. The van der Waals surface area contributed by atoms with Gasteiger partial charge in [-0.3, -0.25) is 14.3 Å². The van der Waals surface area contributed by atoms with Gasteiger partial charge in [0.2, 0.25) is 5.91 Å². The Hall–Kier alpha value is -3.15. The molecule has 30 heavy (non-hydrogen) atoms. The molecule has 1 aliphatic heterocycles. The number of hydrogen-bond acceptors (Lipinski definition) is 3. The lowest BCUT2D eigenvalue weighted by atomic mass is 10.0. The van der Waals surface area contributed by atoms with Gasteiger partial charge in [0, 0.05) is 49.6 Å². The van der Waals surface area contributed by atoms with E-state index in [2.05, 4.69) is 23.3 Å². The van der Waals surface area contributed by atoms with Crippen molar-refractivity contribution < 1.29 is 9.59 Å². The molecule has 1 aliphatic carbocycles. The maximum absolute atomic E-state index is 12.9. The first-order valence-electron chi connectivity index (χ1n) is 10.6. The summed E-state index contributed by atoms with van der Waals surface area (Å²) in [5, 5.41) is 5.41. The van der Waals surface area contributed by atoms with Crippen LogP contribution < -0.4 is 0 Å². The van der Waals surface area contributed by atoms with Crippen LogP contribution in [0.15, 0.2) is 48.7 Å². The van der Waals surface area contributed by atoms with E-state index < -0.39 is 0 Å². The highest BCUT2D eigenvalue weighted by molar-refractivity contribution is 5.95. The number of benzene rings is 2. The average Bonchev–Trinajstić information content (AvgIpc) is 3.44. The van der Waals surface area contributed by atoms with Gasteiger partial charge in [-0.05, 0) is 42.2 Å². The second-order valence-corrected chi connectivity index (χ2v) is 8.76. The van der Waals surface area contributed by atoms with Gasteiger partial charge in [0.25, 0.3) is 5.91 Å². The number of fused-ring (bicyclic) bond motifs is 1.